The summed E-state index contributed by atoms with van der Waals surface area (Å²) in [6.45, 7) is 12.0. The Balaban J connectivity index is 2.48. The highest BCUT2D eigenvalue weighted by Gasteiger charge is 2.57. The summed E-state index contributed by atoms with van der Waals surface area (Å²) >= 11 is 0. The van der Waals surface area contributed by atoms with E-state index in [9.17, 15) is 14.7 Å². The van der Waals surface area contributed by atoms with E-state index in [4.69, 9.17) is 13.9 Å². The van der Waals surface area contributed by atoms with Gasteiger partial charge in [-0.1, -0.05) is 20.8 Å². The van der Waals surface area contributed by atoms with Gasteiger partial charge in [0.15, 0.2) is 14.0 Å². The summed E-state index contributed by atoms with van der Waals surface area (Å²) < 4.78 is 19.5. The van der Waals surface area contributed by atoms with Gasteiger partial charge >= 0.3 is 5.69 Å². The van der Waals surface area contributed by atoms with Crippen LogP contribution in [0.2, 0.25) is 18.1 Å². The van der Waals surface area contributed by atoms with Crippen molar-refractivity contribution in [2.24, 2.45) is 0 Å². The lowest BCUT2D eigenvalue weighted by Gasteiger charge is -2.41. The maximum Gasteiger partial charge on any atom is 0.330 e. The highest BCUT2D eigenvalue weighted by molar-refractivity contribution is 6.74. The number of aliphatic hydroxyl groups excluding tert-OH is 1. The first kappa shape index (κ1) is 21.0. The van der Waals surface area contributed by atoms with Crippen LogP contribution in [0.5, 0.6) is 0 Å². The zero-order valence-corrected chi connectivity index (χ0v) is 17.5. The number of hydrogen-bond donors (Lipinski definition) is 2. The topological polar surface area (TPSA) is 103 Å². The van der Waals surface area contributed by atoms with Gasteiger partial charge in [-0.25, -0.2) is 4.79 Å². The molecule has 9 heteroatoms. The third kappa shape index (κ3) is 3.59. The van der Waals surface area contributed by atoms with Gasteiger partial charge in [0.05, 0.1) is 6.61 Å². The molecule has 1 saturated heterocycles. The minimum absolute atomic E-state index is 0.0425. The average Bonchev–Trinajstić information content (AvgIpc) is 2.77. The molecule has 148 valence electrons. The number of methoxy groups -OCH3 is 1. The fourth-order valence-electron chi connectivity index (χ4n) is 3.05. The molecular weight excluding hydrogens is 356 g/mol. The van der Waals surface area contributed by atoms with Gasteiger partial charge in [-0.2, -0.15) is 0 Å². The number of aromatic nitrogens is 2. The maximum atomic E-state index is 12.3. The van der Waals surface area contributed by atoms with Crippen molar-refractivity contribution in [2.75, 3.05) is 13.7 Å². The molecule has 0 saturated carbocycles. The van der Waals surface area contributed by atoms with Gasteiger partial charge in [-0.15, -0.1) is 0 Å². The summed E-state index contributed by atoms with van der Waals surface area (Å²) in [4.78, 5) is 25.9. The second kappa shape index (κ2) is 7.04. The molecule has 1 aliphatic heterocycles. The quantitative estimate of drug-likeness (QED) is 0.732. The fraction of sp³-hybridized carbons (Fsp3) is 0.765. The molecule has 0 radical (unpaired) electrons. The molecule has 2 N–H and O–H groups in total. The number of ether oxygens (including phenoxy) is 2. The van der Waals surface area contributed by atoms with Crippen LogP contribution in [0.4, 0.5) is 0 Å². The van der Waals surface area contributed by atoms with E-state index in [0.29, 0.717) is 0 Å². The van der Waals surface area contributed by atoms with E-state index < -0.39 is 43.6 Å². The smallest absolute Gasteiger partial charge is 0.330 e. The van der Waals surface area contributed by atoms with Gasteiger partial charge in [0, 0.05) is 19.4 Å². The molecule has 1 aromatic heterocycles. The van der Waals surface area contributed by atoms with Crippen LogP contribution in [-0.2, 0) is 19.6 Å². The monoisotopic (exact) mass is 386 g/mol. The standard InChI is InChI=1S/C17H30N2O6Si/c1-16(2,3)26(6,7)25-13-11(10-20)24-17(4,14(13)23-5)19-9-8-12(21)18-15(19)22/h8-9,11,13-14,20H,10H2,1-7H3,(H,18,21,22)/t11-,13-,14-,17-/m1/s1. The molecule has 1 fully saturated rings. The zero-order chi connectivity index (χ0) is 19.9. The van der Waals surface area contributed by atoms with Crippen molar-refractivity contribution in [3.05, 3.63) is 33.1 Å². The summed E-state index contributed by atoms with van der Waals surface area (Å²) in [5.41, 5.74) is -2.32. The molecule has 0 aliphatic carbocycles. The lowest BCUT2D eigenvalue weighted by Crippen LogP contribution is -2.54. The van der Waals surface area contributed by atoms with Crippen LogP contribution in [0.1, 0.15) is 27.7 Å². The van der Waals surface area contributed by atoms with Crippen molar-refractivity contribution in [2.45, 2.75) is 69.9 Å². The molecule has 2 rings (SSSR count). The molecule has 4 atom stereocenters. The van der Waals surface area contributed by atoms with Crippen molar-refractivity contribution in [3.8, 4) is 0 Å². The van der Waals surface area contributed by atoms with Crippen LogP contribution >= 0.6 is 0 Å². The number of aliphatic hydroxyl groups is 1. The molecule has 26 heavy (non-hydrogen) atoms. The van der Waals surface area contributed by atoms with Crippen molar-refractivity contribution in [1.29, 1.82) is 0 Å². The molecular formula is C17H30N2O6Si. The maximum absolute atomic E-state index is 12.3. The molecule has 0 spiro atoms. The SMILES string of the molecule is CO[C@@H]1[C@H](O[Si](C)(C)C(C)(C)C)[C@@H](CO)O[C@@]1(C)n1ccc(=O)[nH]c1=O. The summed E-state index contributed by atoms with van der Waals surface area (Å²) in [6.07, 6.45) is -0.471. The Morgan fingerprint density at radius 3 is 2.46 bits per heavy atom. The van der Waals surface area contributed by atoms with Gasteiger partial charge in [-0.05, 0) is 25.1 Å². The van der Waals surface area contributed by atoms with Gasteiger partial charge in [0.25, 0.3) is 5.56 Å². The Kier molecular flexibility index (Phi) is 5.70. The summed E-state index contributed by atoms with van der Waals surface area (Å²) in [5, 5.41) is 9.81. The van der Waals surface area contributed by atoms with E-state index >= 15 is 0 Å². The Hall–Kier alpha value is -1.26. The molecule has 0 aromatic carbocycles. The van der Waals surface area contributed by atoms with Crippen LogP contribution < -0.4 is 11.2 Å². The van der Waals surface area contributed by atoms with Crippen molar-refractivity contribution in [1.82, 2.24) is 9.55 Å². The van der Waals surface area contributed by atoms with Gasteiger partial charge < -0.3 is 19.0 Å². The van der Waals surface area contributed by atoms with E-state index in [0.717, 1.165) is 0 Å². The van der Waals surface area contributed by atoms with Crippen molar-refractivity contribution >= 4 is 8.32 Å². The molecule has 1 aromatic rings. The van der Waals surface area contributed by atoms with Crippen LogP contribution in [0.3, 0.4) is 0 Å². The number of nitrogens with one attached hydrogen (secondary N) is 1. The lowest BCUT2D eigenvalue weighted by atomic mass is 10.0. The molecule has 2 heterocycles. The molecule has 0 unspecified atom stereocenters. The molecule has 0 bridgehead atoms. The first-order valence-electron chi connectivity index (χ1n) is 8.69. The number of nitrogens with zero attached hydrogens (tertiary/aromatic N) is 1. The predicted molar refractivity (Wildman–Crippen MR) is 99.8 cm³/mol. The minimum atomic E-state index is -2.19. The minimum Gasteiger partial charge on any atom is -0.408 e. The van der Waals surface area contributed by atoms with E-state index in [1.807, 2.05) is 0 Å². The summed E-state index contributed by atoms with van der Waals surface area (Å²) in [6, 6.07) is 1.25. The lowest BCUT2D eigenvalue weighted by molar-refractivity contribution is -0.145. The van der Waals surface area contributed by atoms with Crippen LogP contribution in [0, 0.1) is 0 Å². The second-order valence-electron chi connectivity index (χ2n) is 8.37. The van der Waals surface area contributed by atoms with Crippen LogP contribution in [0.15, 0.2) is 21.9 Å². The van der Waals surface area contributed by atoms with E-state index in [1.165, 1.54) is 23.9 Å². The van der Waals surface area contributed by atoms with E-state index in [1.54, 1.807) is 6.92 Å². The van der Waals surface area contributed by atoms with Gasteiger partial charge in [0.2, 0.25) is 0 Å². The van der Waals surface area contributed by atoms with Crippen molar-refractivity contribution in [3.63, 3.8) is 0 Å². The third-order valence-corrected chi connectivity index (χ3v) is 10.0. The van der Waals surface area contributed by atoms with Crippen LogP contribution in [0.25, 0.3) is 0 Å². The normalized spacial score (nSPS) is 29.9. The van der Waals surface area contributed by atoms with Crippen LogP contribution in [-0.4, -0.2) is 55.0 Å². The summed E-state index contributed by atoms with van der Waals surface area (Å²) in [5.74, 6) is 0. The third-order valence-electron chi connectivity index (χ3n) is 5.56. The number of H-pyrrole nitrogens is 1. The molecule has 1 aliphatic rings. The van der Waals surface area contributed by atoms with Crippen molar-refractivity contribution < 1.29 is 19.0 Å². The Morgan fingerprint density at radius 2 is 2.00 bits per heavy atom. The average molecular weight is 387 g/mol. The Labute approximate surface area is 154 Å². The predicted octanol–water partition coefficient (Wildman–Crippen LogP) is 1.01. The number of rotatable bonds is 5. The largest absolute Gasteiger partial charge is 0.408 e. The van der Waals surface area contributed by atoms with Gasteiger partial charge in [0.1, 0.15) is 18.3 Å². The van der Waals surface area contributed by atoms with Gasteiger partial charge in [-0.3, -0.25) is 14.3 Å². The first-order chi connectivity index (χ1) is 11.9. The highest BCUT2D eigenvalue weighted by Crippen LogP contribution is 2.43. The number of aromatic amines is 1. The highest BCUT2D eigenvalue weighted by atomic mass is 28.4. The fourth-order valence-corrected chi connectivity index (χ4v) is 4.36. The van der Waals surface area contributed by atoms with E-state index in [-0.39, 0.29) is 11.6 Å². The zero-order valence-electron chi connectivity index (χ0n) is 16.5. The Bertz CT molecular complexity index is 753. The molecule has 8 nitrogen and oxygen atoms in total. The summed E-state index contributed by atoms with van der Waals surface area (Å²) in [7, 11) is -0.670. The molecule has 0 amide bonds. The number of hydrogen-bond acceptors (Lipinski definition) is 6. The van der Waals surface area contributed by atoms with E-state index in [2.05, 4.69) is 38.8 Å². The Morgan fingerprint density at radius 1 is 1.38 bits per heavy atom. The second-order valence-corrected chi connectivity index (χ2v) is 13.1. The first-order valence-corrected chi connectivity index (χ1v) is 11.6.